The molecule has 0 radical (unpaired) electrons. The molecule has 6 heteroatoms. The van der Waals surface area contributed by atoms with Crippen molar-refractivity contribution in [1.82, 2.24) is 0 Å². The number of ether oxygens (including phenoxy) is 1. The smallest absolute Gasteiger partial charge is 0.336 e. The predicted octanol–water partition coefficient (Wildman–Crippen LogP) is 3.48. The Balaban J connectivity index is 2.72. The first-order chi connectivity index (χ1) is 9.43. The molecule has 0 heterocycles. The molecule has 20 heavy (non-hydrogen) atoms. The maximum absolute atomic E-state index is 13.9. The van der Waals surface area contributed by atoms with E-state index in [-0.39, 0.29) is 11.3 Å². The van der Waals surface area contributed by atoms with Crippen LogP contribution in [0.1, 0.15) is 10.4 Å². The Hall–Kier alpha value is -2.50. The molecule has 0 bridgehead atoms. The average Bonchev–Trinajstić information content (AvgIpc) is 2.39. The van der Waals surface area contributed by atoms with Crippen LogP contribution in [0.25, 0.3) is 11.1 Å². The van der Waals surface area contributed by atoms with Gasteiger partial charge < -0.3 is 9.84 Å². The Morgan fingerprint density at radius 1 is 1.10 bits per heavy atom. The number of benzene rings is 2. The Morgan fingerprint density at radius 2 is 1.70 bits per heavy atom. The highest BCUT2D eigenvalue weighted by atomic mass is 19.1. The number of hydrogen-bond acceptors (Lipinski definition) is 2. The Morgan fingerprint density at radius 3 is 2.20 bits per heavy atom. The summed E-state index contributed by atoms with van der Waals surface area (Å²) in [7, 11) is 1.24. The van der Waals surface area contributed by atoms with Gasteiger partial charge in [-0.05, 0) is 12.1 Å². The third kappa shape index (κ3) is 2.45. The molecule has 0 amide bonds. The second kappa shape index (κ2) is 5.24. The van der Waals surface area contributed by atoms with Gasteiger partial charge in [-0.25, -0.2) is 18.0 Å². The molecular weight excluding hydrogens is 273 g/mol. The van der Waals surface area contributed by atoms with Gasteiger partial charge in [-0.15, -0.1) is 0 Å². The number of aromatic carboxylic acids is 1. The molecule has 0 saturated heterocycles. The molecule has 0 unspecified atom stereocenters. The van der Waals surface area contributed by atoms with E-state index in [0.717, 1.165) is 24.3 Å². The van der Waals surface area contributed by atoms with Gasteiger partial charge in [-0.1, -0.05) is 6.07 Å². The zero-order valence-corrected chi connectivity index (χ0v) is 10.3. The number of hydrogen-bond donors (Lipinski definition) is 1. The van der Waals surface area contributed by atoms with Crippen LogP contribution in [0.2, 0.25) is 0 Å². The molecule has 2 aromatic carbocycles. The normalized spacial score (nSPS) is 10.4. The number of rotatable bonds is 3. The first-order valence-electron chi connectivity index (χ1n) is 5.50. The zero-order valence-electron chi connectivity index (χ0n) is 10.3. The molecule has 0 saturated carbocycles. The molecule has 104 valence electrons. The maximum atomic E-state index is 13.9. The van der Waals surface area contributed by atoms with Crippen LogP contribution in [-0.4, -0.2) is 18.2 Å². The van der Waals surface area contributed by atoms with Crippen molar-refractivity contribution in [3.63, 3.8) is 0 Å². The number of carboxylic acids is 1. The fraction of sp³-hybridized carbons (Fsp3) is 0.0714. The van der Waals surface area contributed by atoms with E-state index >= 15 is 0 Å². The van der Waals surface area contributed by atoms with Gasteiger partial charge in [0.2, 0.25) is 0 Å². The van der Waals surface area contributed by atoms with Gasteiger partial charge in [-0.2, -0.15) is 0 Å². The van der Waals surface area contributed by atoms with E-state index < -0.39 is 34.5 Å². The minimum Gasteiger partial charge on any atom is -0.497 e. The van der Waals surface area contributed by atoms with Crippen LogP contribution in [-0.2, 0) is 0 Å². The van der Waals surface area contributed by atoms with Crippen LogP contribution in [0.3, 0.4) is 0 Å². The van der Waals surface area contributed by atoms with Crippen LogP contribution < -0.4 is 4.74 Å². The van der Waals surface area contributed by atoms with E-state index in [9.17, 15) is 18.0 Å². The summed E-state index contributed by atoms with van der Waals surface area (Å²) in [6.07, 6.45) is 0. The van der Waals surface area contributed by atoms with E-state index in [0.29, 0.717) is 6.07 Å². The van der Waals surface area contributed by atoms with Gasteiger partial charge in [0.1, 0.15) is 23.2 Å². The lowest BCUT2D eigenvalue weighted by Crippen LogP contribution is -2.03. The van der Waals surface area contributed by atoms with Crippen molar-refractivity contribution >= 4 is 5.97 Å². The third-order valence-corrected chi connectivity index (χ3v) is 2.73. The maximum Gasteiger partial charge on any atom is 0.336 e. The number of halogens is 3. The van der Waals surface area contributed by atoms with Crippen molar-refractivity contribution in [1.29, 1.82) is 0 Å². The highest BCUT2D eigenvalue weighted by Gasteiger charge is 2.20. The van der Waals surface area contributed by atoms with E-state index in [2.05, 4.69) is 0 Å². The summed E-state index contributed by atoms with van der Waals surface area (Å²) in [4.78, 5) is 11.1. The lowest BCUT2D eigenvalue weighted by atomic mass is 9.98. The van der Waals surface area contributed by atoms with Crippen molar-refractivity contribution in [2.24, 2.45) is 0 Å². The van der Waals surface area contributed by atoms with Gasteiger partial charge in [0.15, 0.2) is 0 Å². The van der Waals surface area contributed by atoms with Gasteiger partial charge in [-0.3, -0.25) is 0 Å². The molecule has 0 aromatic heterocycles. The van der Waals surface area contributed by atoms with E-state index in [4.69, 9.17) is 9.84 Å². The first-order valence-corrected chi connectivity index (χ1v) is 5.50. The quantitative estimate of drug-likeness (QED) is 0.937. The average molecular weight is 282 g/mol. The summed E-state index contributed by atoms with van der Waals surface area (Å²) in [6, 6.07) is 4.51. The fourth-order valence-corrected chi connectivity index (χ4v) is 1.84. The first kappa shape index (κ1) is 13.9. The van der Waals surface area contributed by atoms with Crippen molar-refractivity contribution in [3.8, 4) is 16.9 Å². The van der Waals surface area contributed by atoms with Crippen LogP contribution in [0.5, 0.6) is 5.75 Å². The Bertz CT molecular complexity index is 660. The van der Waals surface area contributed by atoms with Crippen LogP contribution in [0.15, 0.2) is 30.3 Å². The van der Waals surface area contributed by atoms with Crippen LogP contribution >= 0.6 is 0 Å². The van der Waals surface area contributed by atoms with E-state index in [1.807, 2.05) is 0 Å². The van der Waals surface area contributed by atoms with Crippen LogP contribution in [0.4, 0.5) is 13.2 Å². The topological polar surface area (TPSA) is 46.5 Å². The number of carbonyl (C=O) groups is 1. The van der Waals surface area contributed by atoms with E-state index in [1.54, 1.807) is 0 Å². The SMILES string of the molecule is COc1cc(F)c(-c2ccc(F)cc2C(=O)O)c(F)c1. The molecule has 0 spiro atoms. The molecule has 0 aliphatic carbocycles. The van der Waals surface area contributed by atoms with Gasteiger partial charge >= 0.3 is 5.97 Å². The van der Waals surface area contributed by atoms with Crippen molar-refractivity contribution in [2.75, 3.05) is 7.11 Å². The lowest BCUT2D eigenvalue weighted by Gasteiger charge is -2.10. The van der Waals surface area contributed by atoms with Crippen molar-refractivity contribution < 1.29 is 27.8 Å². The summed E-state index contributed by atoms with van der Waals surface area (Å²) in [5.74, 6) is -4.30. The summed E-state index contributed by atoms with van der Waals surface area (Å²) in [5, 5.41) is 9.00. The van der Waals surface area contributed by atoms with Crippen molar-refractivity contribution in [2.45, 2.75) is 0 Å². The fourth-order valence-electron chi connectivity index (χ4n) is 1.84. The lowest BCUT2D eigenvalue weighted by molar-refractivity contribution is 0.0697. The third-order valence-electron chi connectivity index (χ3n) is 2.73. The largest absolute Gasteiger partial charge is 0.497 e. The molecule has 0 aliphatic heterocycles. The molecule has 0 fully saturated rings. The summed E-state index contributed by atoms with van der Waals surface area (Å²) < 4.78 is 45.6. The van der Waals surface area contributed by atoms with Gasteiger partial charge in [0.05, 0.1) is 18.2 Å². The van der Waals surface area contributed by atoms with E-state index in [1.165, 1.54) is 7.11 Å². The Kier molecular flexibility index (Phi) is 3.65. The zero-order chi connectivity index (χ0) is 14.9. The molecule has 2 aromatic rings. The summed E-state index contributed by atoms with van der Waals surface area (Å²) in [5.41, 5.74) is -1.30. The number of carboxylic acid groups (broad SMARTS) is 1. The standard InChI is InChI=1S/C14H9F3O3/c1-20-8-5-11(16)13(12(17)6-8)9-3-2-7(15)4-10(9)14(18)19/h2-6H,1H3,(H,18,19). The molecule has 3 nitrogen and oxygen atoms in total. The highest BCUT2D eigenvalue weighted by molar-refractivity contribution is 5.96. The minimum absolute atomic E-state index is 0.0391. The van der Waals surface area contributed by atoms with Gasteiger partial charge in [0.25, 0.3) is 0 Å². The molecule has 0 atom stereocenters. The summed E-state index contributed by atoms with van der Waals surface area (Å²) in [6.45, 7) is 0. The molecule has 1 N–H and O–H groups in total. The van der Waals surface area contributed by atoms with Gasteiger partial charge in [0, 0.05) is 17.7 Å². The van der Waals surface area contributed by atoms with Crippen LogP contribution in [0, 0.1) is 17.5 Å². The monoisotopic (exact) mass is 282 g/mol. The number of methoxy groups -OCH3 is 1. The molecule has 2 rings (SSSR count). The Labute approximate surface area is 112 Å². The summed E-state index contributed by atoms with van der Waals surface area (Å²) >= 11 is 0. The minimum atomic E-state index is -1.48. The van der Waals surface area contributed by atoms with Crippen molar-refractivity contribution in [3.05, 3.63) is 53.3 Å². The molecular formula is C14H9F3O3. The highest BCUT2D eigenvalue weighted by Crippen LogP contribution is 2.32. The molecule has 0 aliphatic rings. The predicted molar refractivity (Wildman–Crippen MR) is 65.3 cm³/mol. The second-order valence-corrected chi connectivity index (χ2v) is 3.96. The second-order valence-electron chi connectivity index (χ2n) is 3.96.